The first-order chi connectivity index (χ1) is 8.50. The molecule has 1 aromatic heterocycles. The summed E-state index contributed by atoms with van der Waals surface area (Å²) in [6.45, 7) is 6.55. The Labute approximate surface area is 110 Å². The number of aromatic nitrogens is 2. The summed E-state index contributed by atoms with van der Waals surface area (Å²) in [6, 6.07) is 2.27. The van der Waals surface area contributed by atoms with Crippen molar-refractivity contribution in [1.82, 2.24) is 9.78 Å². The molecule has 1 saturated heterocycles. The fourth-order valence-electron chi connectivity index (χ4n) is 3.19. The maximum Gasteiger partial charge on any atom is 0.0597 e. The van der Waals surface area contributed by atoms with Crippen molar-refractivity contribution >= 4 is 0 Å². The summed E-state index contributed by atoms with van der Waals surface area (Å²) >= 11 is 0. The number of hydrogen-bond donors (Lipinski definition) is 1. The van der Waals surface area contributed by atoms with Gasteiger partial charge in [0.2, 0.25) is 0 Å². The van der Waals surface area contributed by atoms with E-state index in [1.807, 2.05) is 17.9 Å². The fraction of sp³-hybridized carbons (Fsp3) is 0.786. The Morgan fingerprint density at radius 2 is 2.11 bits per heavy atom. The van der Waals surface area contributed by atoms with Crippen LogP contribution in [0.1, 0.15) is 32.9 Å². The van der Waals surface area contributed by atoms with Crippen molar-refractivity contribution in [3.63, 3.8) is 0 Å². The van der Waals surface area contributed by atoms with Crippen molar-refractivity contribution in [2.45, 2.75) is 51.9 Å². The Morgan fingerprint density at radius 3 is 2.61 bits per heavy atom. The second kappa shape index (κ2) is 5.41. The van der Waals surface area contributed by atoms with Crippen molar-refractivity contribution in [1.29, 1.82) is 0 Å². The van der Waals surface area contributed by atoms with Crippen LogP contribution in [0.5, 0.6) is 0 Å². The number of nitrogens with zero attached hydrogens (tertiary/aromatic N) is 2. The van der Waals surface area contributed by atoms with Crippen LogP contribution in [0.15, 0.2) is 12.3 Å². The highest BCUT2D eigenvalue weighted by Crippen LogP contribution is 2.34. The molecule has 2 rings (SSSR count). The Bertz CT molecular complexity index is 390. The van der Waals surface area contributed by atoms with Gasteiger partial charge in [0, 0.05) is 30.9 Å². The molecule has 102 valence electrons. The van der Waals surface area contributed by atoms with Crippen LogP contribution in [-0.4, -0.2) is 28.0 Å². The Morgan fingerprint density at radius 1 is 1.39 bits per heavy atom. The van der Waals surface area contributed by atoms with E-state index in [2.05, 4.69) is 31.9 Å². The predicted octanol–water partition coefficient (Wildman–Crippen LogP) is 1.74. The molecule has 0 spiro atoms. The lowest BCUT2D eigenvalue weighted by Crippen LogP contribution is -2.38. The summed E-state index contributed by atoms with van der Waals surface area (Å²) in [7, 11) is 1.98. The molecule has 0 amide bonds. The van der Waals surface area contributed by atoms with E-state index in [1.54, 1.807) is 0 Å². The molecule has 5 unspecified atom stereocenters. The van der Waals surface area contributed by atoms with Crippen molar-refractivity contribution in [3.8, 4) is 0 Å². The third-order valence-electron chi connectivity index (χ3n) is 4.47. The first-order valence-electron chi connectivity index (χ1n) is 6.88. The molecule has 2 heterocycles. The van der Waals surface area contributed by atoms with Crippen LogP contribution in [0.25, 0.3) is 0 Å². The molecule has 5 atom stereocenters. The fourth-order valence-corrected chi connectivity index (χ4v) is 3.19. The maximum absolute atomic E-state index is 6.38. The first-order valence-corrected chi connectivity index (χ1v) is 6.88. The van der Waals surface area contributed by atoms with Gasteiger partial charge in [-0.1, -0.05) is 6.92 Å². The molecule has 1 aliphatic heterocycles. The largest absolute Gasteiger partial charge is 0.375 e. The van der Waals surface area contributed by atoms with Gasteiger partial charge in [-0.2, -0.15) is 5.10 Å². The molecule has 18 heavy (non-hydrogen) atoms. The molecule has 4 heteroatoms. The van der Waals surface area contributed by atoms with Gasteiger partial charge in [-0.05, 0) is 38.7 Å². The van der Waals surface area contributed by atoms with Crippen LogP contribution in [0, 0.1) is 11.8 Å². The van der Waals surface area contributed by atoms with E-state index < -0.39 is 0 Å². The molecule has 1 aromatic rings. The monoisotopic (exact) mass is 251 g/mol. The zero-order valence-electron chi connectivity index (χ0n) is 11.8. The highest BCUT2D eigenvalue weighted by Gasteiger charge is 2.40. The summed E-state index contributed by atoms with van der Waals surface area (Å²) < 4.78 is 7.79. The van der Waals surface area contributed by atoms with E-state index in [0.717, 1.165) is 12.8 Å². The first kappa shape index (κ1) is 13.6. The summed E-state index contributed by atoms with van der Waals surface area (Å²) in [5, 5.41) is 4.19. The molecular formula is C14H25N3O. The van der Waals surface area contributed by atoms with Crippen LogP contribution in [-0.2, 0) is 18.2 Å². The van der Waals surface area contributed by atoms with E-state index in [0.29, 0.717) is 17.9 Å². The van der Waals surface area contributed by atoms with E-state index in [-0.39, 0.29) is 12.1 Å². The van der Waals surface area contributed by atoms with Crippen LogP contribution >= 0.6 is 0 Å². The minimum Gasteiger partial charge on any atom is -0.375 e. The summed E-state index contributed by atoms with van der Waals surface area (Å²) in [6.07, 6.45) is 4.42. The number of ether oxygens (including phenoxy) is 1. The van der Waals surface area contributed by atoms with Gasteiger partial charge in [-0.15, -0.1) is 0 Å². The number of nitrogens with two attached hydrogens (primary N) is 1. The summed E-state index contributed by atoms with van der Waals surface area (Å²) in [5.74, 6) is 1.01. The van der Waals surface area contributed by atoms with Gasteiger partial charge in [-0.25, -0.2) is 0 Å². The summed E-state index contributed by atoms with van der Waals surface area (Å²) in [5.41, 5.74) is 7.63. The number of hydrogen-bond acceptors (Lipinski definition) is 3. The Balaban J connectivity index is 1.92. The van der Waals surface area contributed by atoms with Crippen LogP contribution in [0.2, 0.25) is 0 Å². The SMILES string of the molecule is CC1OC(C)C(C(N)CCc2ccnn2C)C1C. The van der Waals surface area contributed by atoms with E-state index in [1.165, 1.54) is 5.69 Å². The van der Waals surface area contributed by atoms with E-state index in [4.69, 9.17) is 10.5 Å². The van der Waals surface area contributed by atoms with Gasteiger partial charge in [0.25, 0.3) is 0 Å². The van der Waals surface area contributed by atoms with Gasteiger partial charge >= 0.3 is 0 Å². The minimum atomic E-state index is 0.204. The standard InChI is InChI=1S/C14H25N3O/c1-9-10(2)18-11(3)14(9)13(15)6-5-12-7-8-16-17(12)4/h7-11,13-14H,5-6,15H2,1-4H3. The van der Waals surface area contributed by atoms with E-state index in [9.17, 15) is 0 Å². The Hall–Kier alpha value is -0.870. The molecule has 1 fully saturated rings. The lowest BCUT2D eigenvalue weighted by Gasteiger charge is -2.25. The molecular weight excluding hydrogens is 226 g/mol. The average Bonchev–Trinajstić information content (AvgIpc) is 2.81. The second-order valence-electron chi connectivity index (χ2n) is 5.63. The van der Waals surface area contributed by atoms with Crippen molar-refractivity contribution in [3.05, 3.63) is 18.0 Å². The normalized spacial score (nSPS) is 33.8. The molecule has 0 saturated carbocycles. The third kappa shape index (κ3) is 2.59. The molecule has 0 bridgehead atoms. The predicted molar refractivity (Wildman–Crippen MR) is 72.2 cm³/mol. The van der Waals surface area contributed by atoms with Gasteiger partial charge in [0.15, 0.2) is 0 Å². The third-order valence-corrected chi connectivity index (χ3v) is 4.47. The molecule has 2 N–H and O–H groups in total. The van der Waals surface area contributed by atoms with Gasteiger partial charge in [0.1, 0.15) is 0 Å². The minimum absolute atomic E-state index is 0.204. The molecule has 4 nitrogen and oxygen atoms in total. The molecule has 0 aliphatic carbocycles. The topological polar surface area (TPSA) is 53.1 Å². The highest BCUT2D eigenvalue weighted by molar-refractivity contribution is 5.01. The lowest BCUT2D eigenvalue weighted by molar-refractivity contribution is 0.0487. The zero-order valence-corrected chi connectivity index (χ0v) is 11.8. The van der Waals surface area contributed by atoms with Crippen molar-refractivity contribution < 1.29 is 4.74 Å². The summed E-state index contributed by atoms with van der Waals surface area (Å²) in [4.78, 5) is 0. The zero-order chi connectivity index (χ0) is 13.3. The average molecular weight is 251 g/mol. The number of aryl methyl sites for hydroxylation is 2. The maximum atomic E-state index is 6.38. The van der Waals surface area contributed by atoms with Crippen LogP contribution in [0.4, 0.5) is 0 Å². The smallest absolute Gasteiger partial charge is 0.0597 e. The van der Waals surface area contributed by atoms with Crippen molar-refractivity contribution in [2.75, 3.05) is 0 Å². The Kier molecular flexibility index (Phi) is 4.07. The van der Waals surface area contributed by atoms with Gasteiger partial charge in [-0.3, -0.25) is 4.68 Å². The molecule has 0 aromatic carbocycles. The van der Waals surface area contributed by atoms with Crippen LogP contribution in [0.3, 0.4) is 0 Å². The quantitative estimate of drug-likeness (QED) is 0.887. The second-order valence-corrected chi connectivity index (χ2v) is 5.63. The van der Waals surface area contributed by atoms with Crippen LogP contribution < -0.4 is 5.73 Å². The highest BCUT2D eigenvalue weighted by atomic mass is 16.5. The van der Waals surface area contributed by atoms with Gasteiger partial charge in [0.05, 0.1) is 12.2 Å². The lowest BCUT2D eigenvalue weighted by atomic mass is 9.82. The molecule has 1 aliphatic rings. The van der Waals surface area contributed by atoms with E-state index >= 15 is 0 Å². The number of rotatable bonds is 4. The molecule has 0 radical (unpaired) electrons. The van der Waals surface area contributed by atoms with Gasteiger partial charge < -0.3 is 10.5 Å². The van der Waals surface area contributed by atoms with Crippen molar-refractivity contribution in [2.24, 2.45) is 24.6 Å².